The third-order valence-corrected chi connectivity index (χ3v) is 4.44. The summed E-state index contributed by atoms with van der Waals surface area (Å²) in [6.07, 6.45) is 0. The smallest absolute Gasteiger partial charge is 0.262 e. The van der Waals surface area contributed by atoms with Crippen LogP contribution >= 0.6 is 0 Å². The van der Waals surface area contributed by atoms with Crippen LogP contribution in [0.15, 0.2) is 23.1 Å². The summed E-state index contributed by atoms with van der Waals surface area (Å²) in [5.74, 6) is -1.91. The highest BCUT2D eigenvalue weighted by molar-refractivity contribution is 7.92. The first-order valence-electron chi connectivity index (χ1n) is 6.62. The van der Waals surface area contributed by atoms with Crippen LogP contribution in [0.1, 0.15) is 11.4 Å². The largest absolute Gasteiger partial charge is 0.347 e. The highest BCUT2D eigenvalue weighted by atomic mass is 32.2. The zero-order chi connectivity index (χ0) is 17.4. The molecule has 2 rings (SSSR count). The predicted octanol–water partition coefficient (Wildman–Crippen LogP) is 2.24. The van der Waals surface area contributed by atoms with E-state index in [0.717, 1.165) is 12.1 Å². The average molecular weight is 342 g/mol. The van der Waals surface area contributed by atoms with Crippen LogP contribution in [0.4, 0.5) is 20.4 Å². The molecular weight excluding hydrogens is 326 g/mol. The Morgan fingerprint density at radius 3 is 2.09 bits per heavy atom. The van der Waals surface area contributed by atoms with Crippen molar-refractivity contribution in [3.8, 4) is 0 Å². The third kappa shape index (κ3) is 3.55. The minimum absolute atomic E-state index is 0.209. The van der Waals surface area contributed by atoms with Crippen LogP contribution in [-0.2, 0) is 10.0 Å². The lowest BCUT2D eigenvalue weighted by atomic mass is 10.3. The first kappa shape index (κ1) is 17.1. The second kappa shape index (κ2) is 6.07. The zero-order valence-corrected chi connectivity index (χ0v) is 13.9. The number of nitrogens with zero attached hydrogens (tertiary/aromatic N) is 3. The van der Waals surface area contributed by atoms with E-state index in [-0.39, 0.29) is 10.6 Å². The van der Waals surface area contributed by atoms with Crippen LogP contribution in [0, 0.1) is 25.5 Å². The second-order valence-electron chi connectivity index (χ2n) is 5.15. The molecular formula is C14H16F2N4O2S. The van der Waals surface area contributed by atoms with Crippen molar-refractivity contribution in [2.75, 3.05) is 23.7 Å². The van der Waals surface area contributed by atoms with Gasteiger partial charge in [0.25, 0.3) is 10.0 Å². The summed E-state index contributed by atoms with van der Waals surface area (Å²) in [5, 5.41) is 0. The topological polar surface area (TPSA) is 75.2 Å². The first-order chi connectivity index (χ1) is 10.6. The third-order valence-electron chi connectivity index (χ3n) is 3.10. The fourth-order valence-electron chi connectivity index (χ4n) is 1.88. The molecule has 0 aliphatic carbocycles. The number of sulfonamides is 1. The lowest BCUT2D eigenvalue weighted by Gasteiger charge is -2.16. The Labute approximate surface area is 133 Å². The van der Waals surface area contributed by atoms with Crippen LogP contribution in [0.2, 0.25) is 0 Å². The highest BCUT2D eigenvalue weighted by Crippen LogP contribution is 2.24. The van der Waals surface area contributed by atoms with Gasteiger partial charge in [0, 0.05) is 14.1 Å². The zero-order valence-electron chi connectivity index (χ0n) is 13.1. The minimum atomic E-state index is -4.08. The number of nitrogens with one attached hydrogen (secondary N) is 1. The molecule has 1 aromatic carbocycles. The molecule has 0 aliphatic heterocycles. The number of halogens is 2. The SMILES string of the molecule is Cc1nc(N(C)C)nc(C)c1NS(=O)(=O)c1ccc(F)c(F)c1. The van der Waals surface area contributed by atoms with Crippen molar-refractivity contribution in [2.45, 2.75) is 18.7 Å². The summed E-state index contributed by atoms with van der Waals surface area (Å²) in [6, 6.07) is 2.37. The standard InChI is InChI=1S/C14H16F2N4O2S/c1-8-13(9(2)18-14(17-8)20(3)4)19-23(21,22)10-5-6-11(15)12(16)7-10/h5-7,19H,1-4H3. The van der Waals surface area contributed by atoms with Gasteiger partial charge in [-0.2, -0.15) is 0 Å². The fourth-order valence-corrected chi connectivity index (χ4v) is 3.07. The van der Waals surface area contributed by atoms with Gasteiger partial charge in [0.1, 0.15) is 0 Å². The molecule has 0 amide bonds. The maximum atomic E-state index is 13.3. The average Bonchev–Trinajstić information content (AvgIpc) is 2.45. The summed E-state index contributed by atoms with van der Waals surface area (Å²) in [5.41, 5.74) is 1.06. The van der Waals surface area contributed by atoms with Gasteiger partial charge in [-0.1, -0.05) is 0 Å². The van der Waals surface area contributed by atoms with E-state index in [9.17, 15) is 17.2 Å². The maximum absolute atomic E-state index is 13.3. The summed E-state index contributed by atoms with van der Waals surface area (Å²) < 4.78 is 53.2. The number of anilines is 2. The van der Waals surface area contributed by atoms with Gasteiger partial charge in [0.2, 0.25) is 5.95 Å². The molecule has 0 atom stereocenters. The van der Waals surface area contributed by atoms with Crippen LogP contribution in [-0.4, -0.2) is 32.5 Å². The van der Waals surface area contributed by atoms with E-state index in [0.29, 0.717) is 23.4 Å². The summed E-state index contributed by atoms with van der Waals surface area (Å²) in [6.45, 7) is 3.26. The van der Waals surface area contributed by atoms with E-state index >= 15 is 0 Å². The fraction of sp³-hybridized carbons (Fsp3) is 0.286. The lowest BCUT2D eigenvalue weighted by Crippen LogP contribution is -2.19. The minimum Gasteiger partial charge on any atom is -0.347 e. The Balaban J connectivity index is 2.43. The van der Waals surface area contributed by atoms with Crippen molar-refractivity contribution in [1.82, 2.24) is 9.97 Å². The molecule has 1 N–H and O–H groups in total. The molecule has 124 valence electrons. The van der Waals surface area contributed by atoms with Gasteiger partial charge in [0.05, 0.1) is 22.0 Å². The Kier molecular flexibility index (Phi) is 4.51. The summed E-state index contributed by atoms with van der Waals surface area (Å²) >= 11 is 0. The molecule has 1 aromatic heterocycles. The molecule has 0 unspecified atom stereocenters. The van der Waals surface area contributed by atoms with Crippen molar-refractivity contribution in [3.63, 3.8) is 0 Å². The molecule has 2 aromatic rings. The molecule has 0 saturated carbocycles. The normalized spacial score (nSPS) is 11.4. The van der Waals surface area contributed by atoms with E-state index in [2.05, 4.69) is 14.7 Å². The Bertz CT molecular complexity index is 831. The predicted molar refractivity (Wildman–Crippen MR) is 83.0 cm³/mol. The molecule has 0 spiro atoms. The van der Waals surface area contributed by atoms with Crippen molar-refractivity contribution in [1.29, 1.82) is 0 Å². The number of rotatable bonds is 4. The van der Waals surface area contributed by atoms with Gasteiger partial charge in [-0.25, -0.2) is 27.2 Å². The number of aryl methyl sites for hydroxylation is 2. The summed E-state index contributed by atoms with van der Waals surface area (Å²) in [7, 11) is -0.554. The van der Waals surface area contributed by atoms with Gasteiger partial charge >= 0.3 is 0 Å². The Morgan fingerprint density at radius 1 is 1.04 bits per heavy atom. The molecule has 0 bridgehead atoms. The van der Waals surface area contributed by atoms with Gasteiger partial charge < -0.3 is 4.90 Å². The van der Waals surface area contributed by atoms with Crippen LogP contribution < -0.4 is 9.62 Å². The molecule has 23 heavy (non-hydrogen) atoms. The van der Waals surface area contributed by atoms with Crippen molar-refractivity contribution >= 4 is 21.7 Å². The van der Waals surface area contributed by atoms with Crippen molar-refractivity contribution in [2.24, 2.45) is 0 Å². The molecule has 0 fully saturated rings. The summed E-state index contributed by atoms with van der Waals surface area (Å²) in [4.78, 5) is 9.70. The lowest BCUT2D eigenvalue weighted by molar-refractivity contribution is 0.504. The monoisotopic (exact) mass is 342 g/mol. The van der Waals surface area contributed by atoms with Gasteiger partial charge in [-0.3, -0.25) is 4.72 Å². The highest BCUT2D eigenvalue weighted by Gasteiger charge is 2.20. The number of aromatic nitrogens is 2. The van der Waals surface area contributed by atoms with Crippen molar-refractivity contribution < 1.29 is 17.2 Å². The van der Waals surface area contributed by atoms with E-state index in [1.807, 2.05) is 0 Å². The molecule has 0 saturated heterocycles. The van der Waals surface area contributed by atoms with Crippen LogP contribution in [0.25, 0.3) is 0 Å². The van der Waals surface area contributed by atoms with Gasteiger partial charge in [-0.15, -0.1) is 0 Å². The van der Waals surface area contributed by atoms with E-state index in [1.54, 1.807) is 32.8 Å². The molecule has 1 heterocycles. The molecule has 0 aliphatic rings. The Hall–Kier alpha value is -2.29. The quantitative estimate of drug-likeness (QED) is 0.922. The van der Waals surface area contributed by atoms with E-state index in [1.165, 1.54) is 0 Å². The van der Waals surface area contributed by atoms with Crippen LogP contribution in [0.3, 0.4) is 0 Å². The Morgan fingerprint density at radius 2 is 1.61 bits per heavy atom. The van der Waals surface area contributed by atoms with E-state index < -0.39 is 21.7 Å². The van der Waals surface area contributed by atoms with Crippen molar-refractivity contribution in [3.05, 3.63) is 41.2 Å². The second-order valence-corrected chi connectivity index (χ2v) is 6.83. The number of hydrogen-bond donors (Lipinski definition) is 1. The molecule has 6 nitrogen and oxygen atoms in total. The number of benzene rings is 1. The molecule has 0 radical (unpaired) electrons. The number of hydrogen-bond acceptors (Lipinski definition) is 5. The van der Waals surface area contributed by atoms with Crippen LogP contribution in [0.5, 0.6) is 0 Å². The van der Waals surface area contributed by atoms with Gasteiger partial charge in [-0.05, 0) is 32.0 Å². The van der Waals surface area contributed by atoms with Gasteiger partial charge in [0.15, 0.2) is 11.6 Å². The first-order valence-corrected chi connectivity index (χ1v) is 8.10. The maximum Gasteiger partial charge on any atom is 0.262 e. The van der Waals surface area contributed by atoms with E-state index in [4.69, 9.17) is 0 Å². The molecule has 9 heteroatoms.